The molecule has 0 aliphatic carbocycles. The molecule has 1 aromatic rings. The molecule has 1 saturated heterocycles. The molecule has 0 N–H and O–H groups in total. The van der Waals surface area contributed by atoms with E-state index in [1.165, 1.54) is 29.6 Å². The molecular weight excluding hydrogens is 303 g/mol. The van der Waals surface area contributed by atoms with Crippen molar-refractivity contribution < 1.29 is 12.8 Å². The van der Waals surface area contributed by atoms with Gasteiger partial charge in [0.05, 0.1) is 5.69 Å². The van der Waals surface area contributed by atoms with Gasteiger partial charge in [-0.3, -0.25) is 4.31 Å². The summed E-state index contributed by atoms with van der Waals surface area (Å²) in [6.45, 7) is 0.858. The number of rotatable bonds is 4. The molecule has 112 valence electrons. The highest BCUT2D eigenvalue weighted by molar-refractivity contribution is 7.90. The third-order valence-electron chi connectivity index (χ3n) is 3.66. The number of hydrogen-bond donors (Lipinski definition) is 0. The van der Waals surface area contributed by atoms with E-state index < -0.39 is 16.0 Å². The molecule has 0 saturated carbocycles. The van der Waals surface area contributed by atoms with Crippen LogP contribution in [0.4, 0.5) is 10.1 Å². The molecule has 1 aromatic carbocycles. The van der Waals surface area contributed by atoms with Gasteiger partial charge in [-0.15, -0.1) is 11.6 Å². The Labute approximate surface area is 124 Å². The van der Waals surface area contributed by atoms with Crippen molar-refractivity contribution in [2.45, 2.75) is 12.8 Å². The topological polar surface area (TPSA) is 40.6 Å². The molecule has 20 heavy (non-hydrogen) atoms. The lowest BCUT2D eigenvalue weighted by atomic mass is 10.0. The number of halogens is 2. The minimum atomic E-state index is -3.69. The van der Waals surface area contributed by atoms with Gasteiger partial charge in [-0.05, 0) is 30.9 Å². The van der Waals surface area contributed by atoms with Gasteiger partial charge in [0.2, 0.25) is 0 Å². The molecule has 1 aliphatic rings. The van der Waals surface area contributed by atoms with Gasteiger partial charge in [0, 0.05) is 26.0 Å². The summed E-state index contributed by atoms with van der Waals surface area (Å²) in [7, 11) is -2.31. The second kappa shape index (κ2) is 6.28. The number of anilines is 1. The van der Waals surface area contributed by atoms with Crippen molar-refractivity contribution in [1.82, 2.24) is 4.31 Å². The van der Waals surface area contributed by atoms with Crippen molar-refractivity contribution in [3.8, 4) is 0 Å². The summed E-state index contributed by atoms with van der Waals surface area (Å²) in [4.78, 5) is 0. The Morgan fingerprint density at radius 3 is 2.50 bits per heavy atom. The van der Waals surface area contributed by atoms with Crippen molar-refractivity contribution in [1.29, 1.82) is 0 Å². The number of piperidine rings is 1. The maximum atomic E-state index is 13.7. The second-order valence-corrected chi connectivity index (χ2v) is 7.19. The SMILES string of the molecule is CN(c1ccccc1F)S(=O)(=O)N1CCC(CCl)CC1. The summed E-state index contributed by atoms with van der Waals surface area (Å²) in [6.07, 6.45) is 1.49. The molecule has 0 spiro atoms. The maximum absolute atomic E-state index is 13.7. The highest BCUT2D eigenvalue weighted by Gasteiger charge is 2.31. The van der Waals surface area contributed by atoms with Crippen LogP contribution in [0.15, 0.2) is 24.3 Å². The van der Waals surface area contributed by atoms with Crippen molar-refractivity contribution >= 4 is 27.5 Å². The zero-order chi connectivity index (χ0) is 14.8. The molecular formula is C13H18ClFN2O2S. The quantitative estimate of drug-likeness (QED) is 0.800. The minimum absolute atomic E-state index is 0.0620. The van der Waals surface area contributed by atoms with Crippen LogP contribution in [0.1, 0.15) is 12.8 Å². The lowest BCUT2D eigenvalue weighted by Crippen LogP contribution is -2.46. The first-order valence-electron chi connectivity index (χ1n) is 6.51. The predicted octanol–water partition coefficient (Wildman–Crippen LogP) is 2.46. The molecule has 0 aromatic heterocycles. The van der Waals surface area contributed by atoms with Gasteiger partial charge < -0.3 is 0 Å². The first-order chi connectivity index (χ1) is 9.46. The van der Waals surface area contributed by atoms with E-state index in [-0.39, 0.29) is 5.69 Å². The van der Waals surface area contributed by atoms with Gasteiger partial charge in [0.25, 0.3) is 0 Å². The Morgan fingerprint density at radius 2 is 1.95 bits per heavy atom. The van der Waals surface area contributed by atoms with Crippen LogP contribution < -0.4 is 4.31 Å². The van der Waals surface area contributed by atoms with Crippen molar-refractivity contribution in [2.75, 3.05) is 30.3 Å². The fraction of sp³-hybridized carbons (Fsp3) is 0.538. The van der Waals surface area contributed by atoms with Crippen LogP contribution in [-0.2, 0) is 10.2 Å². The standard InChI is InChI=1S/C13H18ClFN2O2S/c1-16(13-5-3-2-4-12(13)15)20(18,19)17-8-6-11(10-14)7-9-17/h2-5,11H,6-10H2,1H3. The molecule has 0 unspecified atom stereocenters. The molecule has 2 rings (SSSR count). The van der Waals surface area contributed by atoms with Crippen LogP contribution in [0, 0.1) is 11.7 Å². The predicted molar refractivity (Wildman–Crippen MR) is 78.7 cm³/mol. The summed E-state index contributed by atoms with van der Waals surface area (Å²) in [6, 6.07) is 5.86. The number of nitrogens with zero attached hydrogens (tertiary/aromatic N) is 2. The van der Waals surface area contributed by atoms with E-state index in [2.05, 4.69) is 0 Å². The van der Waals surface area contributed by atoms with Crippen LogP contribution in [0.25, 0.3) is 0 Å². The lowest BCUT2D eigenvalue weighted by Gasteiger charge is -2.33. The highest BCUT2D eigenvalue weighted by atomic mass is 35.5. The van der Waals surface area contributed by atoms with Crippen LogP contribution in [0.5, 0.6) is 0 Å². The van der Waals surface area contributed by atoms with Gasteiger partial charge in [-0.2, -0.15) is 12.7 Å². The number of benzene rings is 1. The lowest BCUT2D eigenvalue weighted by molar-refractivity contribution is 0.289. The van der Waals surface area contributed by atoms with Crippen LogP contribution in [0.3, 0.4) is 0 Å². The van der Waals surface area contributed by atoms with Crippen LogP contribution in [0.2, 0.25) is 0 Å². The van der Waals surface area contributed by atoms with Crippen molar-refractivity contribution in [2.24, 2.45) is 5.92 Å². The van der Waals surface area contributed by atoms with Gasteiger partial charge in [-0.25, -0.2) is 4.39 Å². The zero-order valence-electron chi connectivity index (χ0n) is 11.3. The highest BCUT2D eigenvalue weighted by Crippen LogP contribution is 2.26. The maximum Gasteiger partial charge on any atom is 0.303 e. The summed E-state index contributed by atoms with van der Waals surface area (Å²) >= 11 is 5.79. The molecule has 0 radical (unpaired) electrons. The van der Waals surface area contributed by atoms with E-state index in [0.717, 1.165) is 17.1 Å². The van der Waals surface area contributed by atoms with E-state index >= 15 is 0 Å². The number of para-hydroxylation sites is 1. The summed E-state index contributed by atoms with van der Waals surface area (Å²) < 4.78 is 41.1. The summed E-state index contributed by atoms with van der Waals surface area (Å²) in [5.74, 6) is 0.368. The van der Waals surface area contributed by atoms with Gasteiger partial charge in [-0.1, -0.05) is 12.1 Å². The van der Waals surface area contributed by atoms with Gasteiger partial charge >= 0.3 is 10.2 Å². The van der Waals surface area contributed by atoms with Gasteiger partial charge in [0.15, 0.2) is 0 Å². The third-order valence-corrected chi connectivity index (χ3v) is 6.00. The molecule has 1 aliphatic heterocycles. The normalized spacial score (nSPS) is 18.1. The number of hydrogen-bond acceptors (Lipinski definition) is 2. The Bertz CT molecular complexity index is 559. The van der Waals surface area contributed by atoms with E-state index in [0.29, 0.717) is 24.9 Å². The van der Waals surface area contributed by atoms with Crippen molar-refractivity contribution in [3.63, 3.8) is 0 Å². The van der Waals surface area contributed by atoms with E-state index in [1.807, 2.05) is 0 Å². The molecule has 1 fully saturated rings. The molecule has 0 bridgehead atoms. The van der Waals surface area contributed by atoms with Crippen LogP contribution >= 0.6 is 11.6 Å². The second-order valence-electron chi connectivity index (χ2n) is 4.92. The first-order valence-corrected chi connectivity index (χ1v) is 8.44. The van der Waals surface area contributed by atoms with E-state index in [9.17, 15) is 12.8 Å². The van der Waals surface area contributed by atoms with Gasteiger partial charge in [0.1, 0.15) is 5.82 Å². The van der Waals surface area contributed by atoms with E-state index in [4.69, 9.17) is 11.6 Å². The zero-order valence-corrected chi connectivity index (χ0v) is 12.9. The Morgan fingerprint density at radius 1 is 1.35 bits per heavy atom. The van der Waals surface area contributed by atoms with Crippen LogP contribution in [-0.4, -0.2) is 38.7 Å². The third kappa shape index (κ3) is 3.07. The fourth-order valence-electron chi connectivity index (χ4n) is 2.30. The number of alkyl halides is 1. The fourth-order valence-corrected chi connectivity index (χ4v) is 4.02. The summed E-state index contributed by atoms with van der Waals surface area (Å²) in [5.41, 5.74) is 0.0620. The average Bonchev–Trinajstić information content (AvgIpc) is 2.47. The average molecular weight is 321 g/mol. The molecule has 0 atom stereocenters. The molecule has 4 nitrogen and oxygen atoms in total. The Kier molecular flexibility index (Phi) is 4.88. The summed E-state index contributed by atoms with van der Waals surface area (Å²) in [5, 5.41) is 0. The Balaban J connectivity index is 2.17. The first kappa shape index (κ1) is 15.5. The molecule has 7 heteroatoms. The smallest absolute Gasteiger partial charge is 0.258 e. The Hall–Kier alpha value is -0.850. The van der Waals surface area contributed by atoms with Crippen molar-refractivity contribution in [3.05, 3.63) is 30.1 Å². The monoisotopic (exact) mass is 320 g/mol. The largest absolute Gasteiger partial charge is 0.303 e. The van der Waals surface area contributed by atoms with E-state index in [1.54, 1.807) is 6.07 Å². The molecule has 1 heterocycles. The molecule has 0 amide bonds. The minimum Gasteiger partial charge on any atom is -0.258 e.